The van der Waals surface area contributed by atoms with Gasteiger partial charge < -0.3 is 4.74 Å². The molecule has 0 bridgehead atoms. The molecule has 0 aliphatic carbocycles. The summed E-state index contributed by atoms with van der Waals surface area (Å²) in [7, 11) is 2.76. The smallest absolute Gasteiger partial charge is 0.356 e. The summed E-state index contributed by atoms with van der Waals surface area (Å²) in [4.78, 5) is 23.7. The van der Waals surface area contributed by atoms with E-state index in [1.165, 1.54) is 18.8 Å². The van der Waals surface area contributed by atoms with Crippen molar-refractivity contribution >= 4 is 5.97 Å². The second-order valence-corrected chi connectivity index (χ2v) is 3.91. The molecule has 1 aromatic heterocycles. The maximum absolute atomic E-state index is 12.0. The first-order valence-electron chi connectivity index (χ1n) is 5.46. The van der Waals surface area contributed by atoms with Crippen LogP contribution in [-0.2, 0) is 11.8 Å². The number of esters is 1. The second-order valence-electron chi connectivity index (χ2n) is 3.91. The zero-order valence-corrected chi connectivity index (χ0v) is 10.4. The molecule has 6 nitrogen and oxygen atoms in total. The van der Waals surface area contributed by atoms with Crippen molar-refractivity contribution in [1.82, 2.24) is 9.78 Å². The summed E-state index contributed by atoms with van der Waals surface area (Å²) >= 11 is 0. The largest absolute Gasteiger partial charge is 0.464 e. The number of carbonyl (C=O) groups is 1. The molecule has 96 valence electrons. The van der Waals surface area contributed by atoms with Gasteiger partial charge in [0.1, 0.15) is 0 Å². The molecule has 0 unspecified atom stereocenters. The number of aryl methyl sites for hydroxylation is 1. The molecule has 0 radical (unpaired) electrons. The maximum Gasteiger partial charge on any atom is 0.356 e. The Balaban J connectivity index is 2.64. The fraction of sp³-hybridized carbons (Fsp3) is 0.154. The number of aromatic nitrogens is 2. The summed E-state index contributed by atoms with van der Waals surface area (Å²) in [5.74, 6) is -0.614. The van der Waals surface area contributed by atoms with Crippen LogP contribution in [0.15, 0.2) is 29.1 Å². The van der Waals surface area contributed by atoms with Gasteiger partial charge in [-0.25, -0.2) is 4.79 Å². The van der Waals surface area contributed by atoms with Gasteiger partial charge in [0.05, 0.1) is 24.3 Å². The zero-order chi connectivity index (χ0) is 14.0. The third-order valence-corrected chi connectivity index (χ3v) is 2.74. The number of benzene rings is 1. The van der Waals surface area contributed by atoms with Crippen molar-refractivity contribution in [3.8, 4) is 17.2 Å². The molecule has 19 heavy (non-hydrogen) atoms. The van der Waals surface area contributed by atoms with Crippen molar-refractivity contribution in [3.05, 3.63) is 45.9 Å². The number of nitrogens with zero attached hydrogens (tertiary/aromatic N) is 2. The van der Waals surface area contributed by atoms with Gasteiger partial charge in [0.2, 0.25) is 0 Å². The predicted octanol–water partition coefficient (Wildman–Crippen LogP) is 1.04. The number of ether oxygens (including phenoxy) is 1. The van der Waals surface area contributed by atoms with Crippen LogP contribution in [0.25, 0.3) is 11.1 Å². The van der Waals surface area contributed by atoms with E-state index in [1.54, 1.807) is 24.3 Å². The Bertz CT molecular complexity index is 717. The quantitative estimate of drug-likeness (QED) is 0.814. The normalized spacial score (nSPS) is 9.95. The number of methoxy groups -OCH3 is 1. The Morgan fingerprint density at radius 3 is 2.53 bits per heavy atom. The van der Waals surface area contributed by atoms with Crippen LogP contribution in [0.1, 0.15) is 16.1 Å². The number of nitriles is 1. The third-order valence-electron chi connectivity index (χ3n) is 2.74. The highest BCUT2D eigenvalue weighted by atomic mass is 16.5. The second kappa shape index (κ2) is 4.82. The fourth-order valence-electron chi connectivity index (χ4n) is 1.78. The van der Waals surface area contributed by atoms with E-state index < -0.39 is 5.97 Å². The van der Waals surface area contributed by atoms with E-state index in [0.29, 0.717) is 11.1 Å². The van der Waals surface area contributed by atoms with Crippen LogP contribution in [0.5, 0.6) is 0 Å². The summed E-state index contributed by atoms with van der Waals surface area (Å²) in [6, 6.07) is 8.40. The Labute approximate surface area is 108 Å². The van der Waals surface area contributed by atoms with Gasteiger partial charge in [0.15, 0.2) is 5.69 Å². The van der Waals surface area contributed by atoms with Crippen LogP contribution < -0.4 is 5.56 Å². The molecule has 0 saturated carbocycles. The molecule has 0 atom stereocenters. The minimum Gasteiger partial charge on any atom is -0.464 e. The molecular weight excluding hydrogens is 246 g/mol. The van der Waals surface area contributed by atoms with E-state index in [2.05, 4.69) is 9.84 Å². The zero-order valence-electron chi connectivity index (χ0n) is 10.4. The van der Waals surface area contributed by atoms with E-state index in [1.807, 2.05) is 6.07 Å². The molecule has 2 aromatic rings. The lowest BCUT2D eigenvalue weighted by molar-refractivity contribution is 0.0594. The summed E-state index contributed by atoms with van der Waals surface area (Å²) in [6.45, 7) is 0. The molecule has 2 rings (SSSR count). The van der Waals surface area contributed by atoms with Crippen LogP contribution in [0, 0.1) is 11.3 Å². The van der Waals surface area contributed by atoms with E-state index in [0.717, 1.165) is 0 Å². The van der Waals surface area contributed by atoms with Gasteiger partial charge in [0.25, 0.3) is 5.56 Å². The molecule has 0 aliphatic rings. The molecule has 0 spiro atoms. The number of carbonyl (C=O) groups excluding carboxylic acids is 1. The summed E-state index contributed by atoms with van der Waals surface area (Å²) in [5, 5.41) is 11.4. The highest BCUT2D eigenvalue weighted by Crippen LogP contribution is 2.20. The average molecular weight is 257 g/mol. The van der Waals surface area contributed by atoms with E-state index >= 15 is 0 Å². The standard InChI is InChI=1S/C13H11N3O3/c1-16-12(17)10(11(15-16)13(18)19-2)9-5-3-8(7-14)4-6-9/h3-6,15H,1-2H3. The van der Waals surface area contributed by atoms with E-state index in [-0.39, 0.29) is 16.8 Å². The maximum atomic E-state index is 12.0. The van der Waals surface area contributed by atoms with Crippen molar-refractivity contribution in [1.29, 1.82) is 5.26 Å². The Morgan fingerprint density at radius 1 is 1.37 bits per heavy atom. The van der Waals surface area contributed by atoms with Crippen LogP contribution in [-0.4, -0.2) is 22.9 Å². The monoisotopic (exact) mass is 257 g/mol. The minimum absolute atomic E-state index is 0.0970. The van der Waals surface area contributed by atoms with Gasteiger partial charge >= 0.3 is 5.97 Å². The van der Waals surface area contributed by atoms with Gasteiger partial charge in [-0.05, 0) is 17.7 Å². The molecule has 0 aliphatic heterocycles. The Morgan fingerprint density at radius 2 is 2.00 bits per heavy atom. The predicted molar refractivity (Wildman–Crippen MR) is 67.5 cm³/mol. The topological polar surface area (TPSA) is 87.9 Å². The third kappa shape index (κ3) is 2.13. The summed E-state index contributed by atoms with van der Waals surface area (Å²) < 4.78 is 5.85. The van der Waals surface area contributed by atoms with Crippen LogP contribution in [0.2, 0.25) is 0 Å². The molecule has 0 amide bonds. The number of H-pyrrole nitrogens is 1. The fourth-order valence-corrected chi connectivity index (χ4v) is 1.78. The molecule has 6 heteroatoms. The first kappa shape index (κ1) is 12.6. The first-order valence-corrected chi connectivity index (χ1v) is 5.46. The Hall–Kier alpha value is -2.81. The number of hydrogen-bond acceptors (Lipinski definition) is 4. The van der Waals surface area contributed by atoms with Gasteiger partial charge in [0, 0.05) is 7.05 Å². The number of nitrogens with one attached hydrogen (secondary N) is 1. The van der Waals surface area contributed by atoms with E-state index in [4.69, 9.17) is 5.26 Å². The van der Waals surface area contributed by atoms with E-state index in [9.17, 15) is 9.59 Å². The molecular formula is C13H11N3O3. The number of hydrogen-bond donors (Lipinski definition) is 1. The summed E-state index contributed by atoms with van der Waals surface area (Å²) in [6.07, 6.45) is 0. The van der Waals surface area contributed by atoms with Crippen molar-refractivity contribution in [2.24, 2.45) is 7.05 Å². The van der Waals surface area contributed by atoms with Crippen LogP contribution in [0.3, 0.4) is 0 Å². The molecule has 0 saturated heterocycles. The lowest BCUT2D eigenvalue weighted by Gasteiger charge is -2.00. The van der Waals surface area contributed by atoms with Crippen molar-refractivity contribution in [2.75, 3.05) is 7.11 Å². The number of aromatic amines is 1. The van der Waals surface area contributed by atoms with Gasteiger partial charge in [-0.3, -0.25) is 14.6 Å². The highest BCUT2D eigenvalue weighted by molar-refractivity contribution is 5.95. The minimum atomic E-state index is -0.614. The molecule has 1 aromatic carbocycles. The van der Waals surface area contributed by atoms with Gasteiger partial charge in [-0.1, -0.05) is 12.1 Å². The lowest BCUT2D eigenvalue weighted by Crippen LogP contribution is -2.13. The van der Waals surface area contributed by atoms with Crippen LogP contribution in [0.4, 0.5) is 0 Å². The van der Waals surface area contributed by atoms with Gasteiger partial charge in [-0.15, -0.1) is 0 Å². The summed E-state index contributed by atoms with van der Waals surface area (Å²) in [5.41, 5.74) is 1.04. The number of rotatable bonds is 2. The lowest BCUT2D eigenvalue weighted by atomic mass is 10.0. The molecule has 0 fully saturated rings. The van der Waals surface area contributed by atoms with Crippen molar-refractivity contribution in [3.63, 3.8) is 0 Å². The van der Waals surface area contributed by atoms with Crippen molar-refractivity contribution in [2.45, 2.75) is 0 Å². The molecule has 1 heterocycles. The van der Waals surface area contributed by atoms with Crippen molar-refractivity contribution < 1.29 is 9.53 Å². The van der Waals surface area contributed by atoms with Gasteiger partial charge in [-0.2, -0.15) is 5.26 Å². The SMILES string of the molecule is COC(=O)c1[nH]n(C)c(=O)c1-c1ccc(C#N)cc1. The first-order chi connectivity index (χ1) is 9.08. The highest BCUT2D eigenvalue weighted by Gasteiger charge is 2.20. The average Bonchev–Trinajstić information content (AvgIpc) is 2.74. The molecule has 1 N–H and O–H groups in total. The van der Waals surface area contributed by atoms with Crippen LogP contribution >= 0.6 is 0 Å². The Kier molecular flexibility index (Phi) is 3.21.